The number of anilines is 1. The number of nitrogens with two attached hydrogens (primary N) is 1. The molecular weight excluding hydrogens is 238 g/mol. The van der Waals surface area contributed by atoms with E-state index in [2.05, 4.69) is 15.5 Å². The zero-order chi connectivity index (χ0) is 12.6. The lowest BCUT2D eigenvalue weighted by Crippen LogP contribution is -2.24. The number of nitrogens with zero attached hydrogens (tertiary/aromatic N) is 4. The molecule has 0 atom stereocenters. The van der Waals surface area contributed by atoms with Crippen molar-refractivity contribution in [2.45, 2.75) is 26.3 Å². The van der Waals surface area contributed by atoms with Gasteiger partial charge in [-0.2, -0.15) is 0 Å². The van der Waals surface area contributed by atoms with Crippen molar-refractivity contribution in [1.82, 2.24) is 20.2 Å². The molecule has 1 aromatic heterocycles. The van der Waals surface area contributed by atoms with Gasteiger partial charge in [-0.15, -0.1) is 5.10 Å². The molecule has 2 rings (SSSR count). The summed E-state index contributed by atoms with van der Waals surface area (Å²) in [6.07, 6.45) is 0. The molecule has 1 aromatic carbocycles. The number of halogens is 1. The molecule has 0 bridgehead atoms. The summed E-state index contributed by atoms with van der Waals surface area (Å²) >= 11 is 6.15. The maximum Gasteiger partial charge on any atom is 0.186 e. The van der Waals surface area contributed by atoms with E-state index in [-0.39, 0.29) is 5.54 Å². The average molecular weight is 252 g/mol. The third kappa shape index (κ3) is 2.10. The molecule has 5 nitrogen and oxygen atoms in total. The molecule has 2 aromatic rings. The highest BCUT2D eigenvalue weighted by atomic mass is 35.5. The van der Waals surface area contributed by atoms with Gasteiger partial charge in [0.25, 0.3) is 0 Å². The van der Waals surface area contributed by atoms with Crippen LogP contribution in [0.3, 0.4) is 0 Å². The molecule has 0 aliphatic rings. The summed E-state index contributed by atoms with van der Waals surface area (Å²) in [6.45, 7) is 6.04. The maximum atomic E-state index is 6.15. The first kappa shape index (κ1) is 11.9. The van der Waals surface area contributed by atoms with Gasteiger partial charge in [-0.25, -0.2) is 4.68 Å². The predicted octanol–water partition coefficient (Wildman–Crippen LogP) is 2.33. The molecule has 0 saturated carbocycles. The highest BCUT2D eigenvalue weighted by molar-refractivity contribution is 6.33. The van der Waals surface area contributed by atoms with E-state index in [4.69, 9.17) is 17.3 Å². The van der Waals surface area contributed by atoms with Crippen LogP contribution in [0.2, 0.25) is 5.02 Å². The van der Waals surface area contributed by atoms with Gasteiger partial charge in [0, 0.05) is 5.69 Å². The number of aromatic nitrogens is 4. The van der Waals surface area contributed by atoms with E-state index >= 15 is 0 Å². The van der Waals surface area contributed by atoms with E-state index < -0.39 is 0 Å². The fraction of sp³-hybridized carbons (Fsp3) is 0.364. The summed E-state index contributed by atoms with van der Waals surface area (Å²) in [7, 11) is 0. The summed E-state index contributed by atoms with van der Waals surface area (Å²) in [5.41, 5.74) is 6.94. The molecule has 90 valence electrons. The lowest BCUT2D eigenvalue weighted by atomic mass is 10.1. The van der Waals surface area contributed by atoms with Gasteiger partial charge in [0.05, 0.1) is 16.1 Å². The third-order valence-electron chi connectivity index (χ3n) is 2.37. The van der Waals surface area contributed by atoms with Crippen molar-refractivity contribution in [3.63, 3.8) is 0 Å². The zero-order valence-corrected chi connectivity index (χ0v) is 10.7. The number of tetrazole rings is 1. The second-order valence-electron chi connectivity index (χ2n) is 4.79. The third-order valence-corrected chi connectivity index (χ3v) is 2.69. The lowest BCUT2D eigenvalue weighted by molar-refractivity contribution is 0.351. The molecule has 0 aliphatic carbocycles. The normalized spacial score (nSPS) is 11.8. The van der Waals surface area contributed by atoms with E-state index in [1.54, 1.807) is 22.9 Å². The highest BCUT2D eigenvalue weighted by Crippen LogP contribution is 2.33. The van der Waals surface area contributed by atoms with Gasteiger partial charge >= 0.3 is 0 Å². The standard InChI is InChI=1S/C11H14ClN5/c1-11(2,3)17-10(14-15-16-17)9-7(12)5-4-6-8(9)13/h4-6H,13H2,1-3H3. The van der Waals surface area contributed by atoms with Crippen molar-refractivity contribution in [3.8, 4) is 11.4 Å². The molecule has 0 aliphatic heterocycles. The quantitative estimate of drug-likeness (QED) is 0.790. The summed E-state index contributed by atoms with van der Waals surface area (Å²) in [5, 5.41) is 12.2. The molecule has 0 radical (unpaired) electrons. The fourth-order valence-corrected chi connectivity index (χ4v) is 1.84. The second kappa shape index (κ2) is 4.00. The predicted molar refractivity (Wildman–Crippen MR) is 67.7 cm³/mol. The summed E-state index contributed by atoms with van der Waals surface area (Å²) in [4.78, 5) is 0. The monoisotopic (exact) mass is 251 g/mol. The lowest BCUT2D eigenvalue weighted by Gasteiger charge is -2.20. The molecule has 0 saturated heterocycles. The average Bonchev–Trinajstić information content (AvgIpc) is 2.65. The first-order chi connectivity index (χ1) is 7.91. The van der Waals surface area contributed by atoms with E-state index in [0.29, 0.717) is 22.1 Å². The summed E-state index contributed by atoms with van der Waals surface area (Å²) < 4.78 is 1.71. The van der Waals surface area contributed by atoms with E-state index in [0.717, 1.165) is 0 Å². The van der Waals surface area contributed by atoms with Crippen molar-refractivity contribution in [2.24, 2.45) is 0 Å². The number of benzene rings is 1. The van der Waals surface area contributed by atoms with Crippen LogP contribution in [0.15, 0.2) is 18.2 Å². The van der Waals surface area contributed by atoms with Gasteiger partial charge in [0.15, 0.2) is 5.82 Å². The molecule has 2 N–H and O–H groups in total. The largest absolute Gasteiger partial charge is 0.398 e. The number of nitrogen functional groups attached to an aromatic ring is 1. The van der Waals surface area contributed by atoms with Gasteiger partial charge in [0.1, 0.15) is 0 Å². The minimum Gasteiger partial charge on any atom is -0.398 e. The van der Waals surface area contributed by atoms with E-state index in [1.807, 2.05) is 20.8 Å². The smallest absolute Gasteiger partial charge is 0.186 e. The second-order valence-corrected chi connectivity index (χ2v) is 5.20. The summed E-state index contributed by atoms with van der Waals surface area (Å²) in [6, 6.07) is 5.35. The molecule has 6 heteroatoms. The number of rotatable bonds is 1. The molecule has 0 amide bonds. The van der Waals surface area contributed by atoms with Crippen molar-refractivity contribution in [1.29, 1.82) is 0 Å². The molecule has 0 unspecified atom stereocenters. The Kier molecular flexibility index (Phi) is 2.79. The molecule has 17 heavy (non-hydrogen) atoms. The van der Waals surface area contributed by atoms with Gasteiger partial charge in [-0.1, -0.05) is 17.7 Å². The van der Waals surface area contributed by atoms with Gasteiger partial charge in [-0.3, -0.25) is 0 Å². The topological polar surface area (TPSA) is 69.6 Å². The zero-order valence-electron chi connectivity index (χ0n) is 9.98. The first-order valence-corrected chi connectivity index (χ1v) is 5.62. The van der Waals surface area contributed by atoms with Crippen LogP contribution in [0.5, 0.6) is 0 Å². The van der Waals surface area contributed by atoms with Crippen LogP contribution in [0.1, 0.15) is 20.8 Å². The summed E-state index contributed by atoms with van der Waals surface area (Å²) in [5.74, 6) is 0.584. The Bertz CT molecular complexity index is 521. The van der Waals surface area contributed by atoms with Crippen LogP contribution >= 0.6 is 11.6 Å². The van der Waals surface area contributed by atoms with Gasteiger partial charge in [-0.05, 0) is 43.3 Å². The van der Waals surface area contributed by atoms with E-state index in [1.165, 1.54) is 0 Å². The minimum absolute atomic E-state index is 0.232. The van der Waals surface area contributed by atoms with Crippen LogP contribution in [0, 0.1) is 0 Å². The Hall–Kier alpha value is -1.62. The van der Waals surface area contributed by atoms with Crippen molar-refractivity contribution in [2.75, 3.05) is 5.73 Å². The minimum atomic E-state index is -0.232. The van der Waals surface area contributed by atoms with Gasteiger partial charge < -0.3 is 5.73 Å². The van der Waals surface area contributed by atoms with Crippen LogP contribution in [-0.2, 0) is 5.54 Å². The van der Waals surface area contributed by atoms with Crippen LogP contribution in [0.25, 0.3) is 11.4 Å². The molecular formula is C11H14ClN5. The Balaban J connectivity index is 2.66. The van der Waals surface area contributed by atoms with Crippen LogP contribution < -0.4 is 5.73 Å². The maximum absolute atomic E-state index is 6.15. The van der Waals surface area contributed by atoms with Gasteiger partial charge in [0.2, 0.25) is 0 Å². The van der Waals surface area contributed by atoms with Crippen molar-refractivity contribution >= 4 is 17.3 Å². The molecule has 1 heterocycles. The Morgan fingerprint density at radius 1 is 1.29 bits per heavy atom. The Morgan fingerprint density at radius 3 is 2.59 bits per heavy atom. The first-order valence-electron chi connectivity index (χ1n) is 5.24. The van der Waals surface area contributed by atoms with Crippen LogP contribution in [0.4, 0.5) is 5.69 Å². The highest BCUT2D eigenvalue weighted by Gasteiger charge is 2.23. The van der Waals surface area contributed by atoms with Crippen molar-refractivity contribution < 1.29 is 0 Å². The Labute approximate surface area is 105 Å². The number of hydrogen-bond donors (Lipinski definition) is 1. The van der Waals surface area contributed by atoms with Crippen molar-refractivity contribution in [3.05, 3.63) is 23.2 Å². The molecule has 0 spiro atoms. The SMILES string of the molecule is CC(C)(C)n1nnnc1-c1c(N)cccc1Cl. The number of hydrogen-bond acceptors (Lipinski definition) is 4. The Morgan fingerprint density at radius 2 is 2.00 bits per heavy atom. The van der Waals surface area contributed by atoms with E-state index in [9.17, 15) is 0 Å². The van der Waals surface area contributed by atoms with Crippen LogP contribution in [-0.4, -0.2) is 20.2 Å². The fourth-order valence-electron chi connectivity index (χ4n) is 1.57. The molecule has 0 fully saturated rings.